The van der Waals surface area contributed by atoms with Crippen LogP contribution in [0.15, 0.2) is 16.7 Å². The molecule has 3 N–H and O–H groups in total. The van der Waals surface area contributed by atoms with Crippen LogP contribution in [0.1, 0.15) is 17.7 Å². The minimum atomic E-state index is -1.17. The molecule has 7 heteroatoms. The Labute approximate surface area is 110 Å². The maximum Gasteiger partial charge on any atom is 0.326 e. The van der Waals surface area contributed by atoms with Gasteiger partial charge in [0.15, 0.2) is 0 Å². The molecule has 0 radical (unpaired) electrons. The zero-order valence-electron chi connectivity index (χ0n) is 10.9. The van der Waals surface area contributed by atoms with E-state index < -0.39 is 18.0 Å². The number of furan rings is 1. The number of nitrogens with zero attached hydrogens (tertiary/aromatic N) is 1. The van der Waals surface area contributed by atoms with Crippen LogP contribution in [0.4, 0.5) is 4.79 Å². The van der Waals surface area contributed by atoms with Crippen molar-refractivity contribution in [3.8, 4) is 0 Å². The lowest BCUT2D eigenvalue weighted by Crippen LogP contribution is -2.46. The van der Waals surface area contributed by atoms with Gasteiger partial charge >= 0.3 is 12.0 Å². The third kappa shape index (κ3) is 4.29. The predicted molar refractivity (Wildman–Crippen MR) is 66.6 cm³/mol. The molecular formula is C12H18N2O5. The van der Waals surface area contributed by atoms with Gasteiger partial charge in [0.25, 0.3) is 0 Å². The van der Waals surface area contributed by atoms with Gasteiger partial charge in [0.2, 0.25) is 0 Å². The first-order chi connectivity index (χ1) is 8.95. The summed E-state index contributed by atoms with van der Waals surface area (Å²) >= 11 is 0. The Morgan fingerprint density at radius 3 is 2.68 bits per heavy atom. The van der Waals surface area contributed by atoms with E-state index in [1.807, 2.05) is 0 Å². The largest absolute Gasteiger partial charge is 0.480 e. The van der Waals surface area contributed by atoms with E-state index in [4.69, 9.17) is 14.6 Å². The number of aliphatic carboxylic acids is 1. The topological polar surface area (TPSA) is 103 Å². The minimum absolute atomic E-state index is 0.0281. The average Bonchev–Trinajstić information content (AvgIpc) is 2.74. The van der Waals surface area contributed by atoms with Crippen LogP contribution < -0.4 is 5.32 Å². The van der Waals surface area contributed by atoms with E-state index in [2.05, 4.69) is 5.32 Å². The Kier molecular flexibility index (Phi) is 5.37. The maximum absolute atomic E-state index is 11.8. The molecular weight excluding hydrogens is 252 g/mol. The molecule has 0 aromatic carbocycles. The van der Waals surface area contributed by atoms with Crippen LogP contribution in [0, 0.1) is 6.92 Å². The van der Waals surface area contributed by atoms with Crippen LogP contribution in [-0.2, 0) is 11.3 Å². The highest BCUT2D eigenvalue weighted by Crippen LogP contribution is 2.11. The number of aryl methyl sites for hydroxylation is 1. The highest BCUT2D eigenvalue weighted by atomic mass is 16.4. The fraction of sp³-hybridized carbons (Fsp3) is 0.500. The number of carboxylic acids is 1. The standard InChI is InChI=1S/C12H18N2O5/c1-8-9(4-6-19-8)7-14(2)12(18)13-10(3-5-15)11(16)17/h4,6,10,15H,3,5,7H2,1-2H3,(H,13,18)(H,16,17)/t10-/m1/s1. The number of hydrogen-bond acceptors (Lipinski definition) is 4. The highest BCUT2D eigenvalue weighted by molar-refractivity contribution is 5.82. The first-order valence-electron chi connectivity index (χ1n) is 5.84. The number of aliphatic hydroxyl groups is 1. The van der Waals surface area contributed by atoms with Gasteiger partial charge < -0.3 is 24.8 Å². The Hall–Kier alpha value is -2.02. The van der Waals surface area contributed by atoms with Crippen LogP contribution in [0.2, 0.25) is 0 Å². The van der Waals surface area contributed by atoms with Crippen LogP contribution >= 0.6 is 0 Å². The van der Waals surface area contributed by atoms with E-state index in [0.29, 0.717) is 12.3 Å². The van der Waals surface area contributed by atoms with Crippen molar-refractivity contribution < 1.29 is 24.2 Å². The second kappa shape index (κ2) is 6.79. The number of hydrogen-bond donors (Lipinski definition) is 3. The van der Waals surface area contributed by atoms with Gasteiger partial charge in [0.1, 0.15) is 11.8 Å². The molecule has 0 bridgehead atoms. The summed E-state index contributed by atoms with van der Waals surface area (Å²) in [5, 5.41) is 20.0. The van der Waals surface area contributed by atoms with Crippen molar-refractivity contribution in [3.05, 3.63) is 23.7 Å². The Balaban J connectivity index is 2.57. The summed E-state index contributed by atoms with van der Waals surface area (Å²) in [5.41, 5.74) is 0.853. The van der Waals surface area contributed by atoms with Crippen LogP contribution in [0.3, 0.4) is 0 Å². The van der Waals surface area contributed by atoms with Crippen molar-refractivity contribution in [1.29, 1.82) is 0 Å². The number of nitrogens with one attached hydrogen (secondary N) is 1. The second-order valence-corrected chi connectivity index (χ2v) is 4.21. The molecule has 106 valence electrons. The van der Waals surface area contributed by atoms with E-state index in [1.54, 1.807) is 20.0 Å². The van der Waals surface area contributed by atoms with Crippen LogP contribution in [0.25, 0.3) is 0 Å². The first kappa shape index (κ1) is 15.0. The molecule has 0 aliphatic heterocycles. The Morgan fingerprint density at radius 2 is 2.21 bits per heavy atom. The molecule has 0 saturated heterocycles. The number of amides is 2. The number of aliphatic hydroxyl groups excluding tert-OH is 1. The third-order valence-electron chi connectivity index (χ3n) is 2.73. The molecule has 0 spiro atoms. The van der Waals surface area contributed by atoms with E-state index in [0.717, 1.165) is 5.56 Å². The smallest absolute Gasteiger partial charge is 0.326 e. The zero-order valence-corrected chi connectivity index (χ0v) is 10.9. The molecule has 0 unspecified atom stereocenters. The van der Waals surface area contributed by atoms with Crippen molar-refractivity contribution in [3.63, 3.8) is 0 Å². The summed E-state index contributed by atoms with van der Waals surface area (Å²) in [6, 6.07) is 0.147. The molecule has 1 rings (SSSR count). The van der Waals surface area contributed by atoms with Crippen molar-refractivity contribution in [1.82, 2.24) is 10.2 Å². The molecule has 0 aliphatic carbocycles. The van der Waals surface area contributed by atoms with Gasteiger partial charge in [-0.05, 0) is 13.0 Å². The molecule has 0 aliphatic rings. The molecule has 19 heavy (non-hydrogen) atoms. The lowest BCUT2D eigenvalue weighted by molar-refractivity contribution is -0.139. The lowest BCUT2D eigenvalue weighted by Gasteiger charge is -2.20. The lowest BCUT2D eigenvalue weighted by atomic mass is 10.2. The summed E-state index contributed by atoms with van der Waals surface area (Å²) in [6.45, 7) is 1.80. The monoisotopic (exact) mass is 270 g/mol. The number of urea groups is 1. The normalized spacial score (nSPS) is 11.9. The summed E-state index contributed by atoms with van der Waals surface area (Å²) in [4.78, 5) is 24.0. The van der Waals surface area contributed by atoms with E-state index in [9.17, 15) is 9.59 Å². The SMILES string of the molecule is Cc1occc1CN(C)C(=O)N[C@H](CCO)C(=O)O. The molecule has 0 saturated carbocycles. The van der Waals surface area contributed by atoms with E-state index in [1.165, 1.54) is 11.2 Å². The molecule has 7 nitrogen and oxygen atoms in total. The van der Waals surface area contributed by atoms with Crippen molar-refractivity contribution in [2.75, 3.05) is 13.7 Å². The van der Waals surface area contributed by atoms with Gasteiger partial charge in [-0.25, -0.2) is 9.59 Å². The maximum atomic E-state index is 11.8. The summed E-state index contributed by atoms with van der Waals surface area (Å²) in [7, 11) is 1.56. The number of carbonyl (C=O) groups excluding carboxylic acids is 1. The first-order valence-corrected chi connectivity index (χ1v) is 5.84. The number of carbonyl (C=O) groups is 2. The second-order valence-electron chi connectivity index (χ2n) is 4.21. The highest BCUT2D eigenvalue weighted by Gasteiger charge is 2.21. The van der Waals surface area contributed by atoms with Crippen LogP contribution in [0.5, 0.6) is 0 Å². The van der Waals surface area contributed by atoms with Gasteiger partial charge in [-0.3, -0.25) is 0 Å². The molecule has 1 aromatic rings. The van der Waals surface area contributed by atoms with E-state index >= 15 is 0 Å². The van der Waals surface area contributed by atoms with Crippen molar-refractivity contribution in [2.24, 2.45) is 0 Å². The molecule has 2 amide bonds. The molecule has 1 atom stereocenters. The summed E-state index contributed by atoms with van der Waals surface area (Å²) in [6.07, 6.45) is 1.50. The Bertz CT molecular complexity index is 443. The van der Waals surface area contributed by atoms with Gasteiger partial charge in [-0.2, -0.15) is 0 Å². The molecule has 1 aromatic heterocycles. The molecule has 0 fully saturated rings. The van der Waals surface area contributed by atoms with Crippen LogP contribution in [-0.4, -0.2) is 46.8 Å². The number of rotatable bonds is 6. The van der Waals surface area contributed by atoms with Crippen molar-refractivity contribution >= 4 is 12.0 Å². The minimum Gasteiger partial charge on any atom is -0.480 e. The third-order valence-corrected chi connectivity index (χ3v) is 2.73. The van der Waals surface area contributed by atoms with Gasteiger partial charge in [-0.1, -0.05) is 0 Å². The number of carboxylic acid groups (broad SMARTS) is 1. The average molecular weight is 270 g/mol. The summed E-state index contributed by atoms with van der Waals surface area (Å²) < 4.78 is 5.12. The van der Waals surface area contributed by atoms with Gasteiger partial charge in [0, 0.05) is 25.6 Å². The quantitative estimate of drug-likeness (QED) is 0.701. The predicted octanol–water partition coefficient (Wildman–Crippen LogP) is 0.565. The fourth-order valence-corrected chi connectivity index (χ4v) is 1.55. The van der Waals surface area contributed by atoms with Crippen molar-refractivity contribution in [2.45, 2.75) is 25.9 Å². The molecule has 1 heterocycles. The summed E-state index contributed by atoms with van der Waals surface area (Å²) in [5.74, 6) is -0.458. The van der Waals surface area contributed by atoms with Gasteiger partial charge in [-0.15, -0.1) is 0 Å². The van der Waals surface area contributed by atoms with Gasteiger partial charge in [0.05, 0.1) is 12.8 Å². The van der Waals surface area contributed by atoms with E-state index in [-0.39, 0.29) is 13.0 Å². The fourth-order valence-electron chi connectivity index (χ4n) is 1.55. The Morgan fingerprint density at radius 1 is 1.53 bits per heavy atom. The zero-order chi connectivity index (χ0) is 14.4.